The number of methoxy groups -OCH3 is 1. The minimum atomic E-state index is -0.841. The van der Waals surface area contributed by atoms with E-state index >= 15 is 0 Å². The van der Waals surface area contributed by atoms with Crippen molar-refractivity contribution in [3.8, 4) is 6.07 Å². The van der Waals surface area contributed by atoms with Crippen molar-refractivity contribution < 1.29 is 9.53 Å². The number of hydrogen-bond donors (Lipinski definition) is 0. The first-order chi connectivity index (χ1) is 9.65. The molecule has 0 saturated carbocycles. The number of nitrogens with zero attached hydrogens (tertiary/aromatic N) is 2. The first-order valence-corrected chi connectivity index (χ1v) is 6.97. The average Bonchev–Trinajstić information content (AvgIpc) is 2.87. The van der Waals surface area contributed by atoms with Gasteiger partial charge in [0.25, 0.3) is 0 Å². The van der Waals surface area contributed by atoms with Crippen LogP contribution in [-0.4, -0.2) is 17.9 Å². The lowest BCUT2D eigenvalue weighted by Crippen LogP contribution is -2.11. The second kappa shape index (κ2) is 6.42. The number of thiazole rings is 1. The Kier molecular flexibility index (Phi) is 4.61. The monoisotopic (exact) mass is 286 g/mol. The van der Waals surface area contributed by atoms with E-state index in [0.717, 1.165) is 11.3 Å². The summed E-state index contributed by atoms with van der Waals surface area (Å²) >= 11 is 1.34. The average molecular weight is 286 g/mol. The summed E-state index contributed by atoms with van der Waals surface area (Å²) in [5, 5.41) is 11.7. The van der Waals surface area contributed by atoms with Gasteiger partial charge in [-0.05, 0) is 18.6 Å². The Hall–Kier alpha value is -2.03. The molecular formula is C15H14N2O2S. The second-order valence-electron chi connectivity index (χ2n) is 4.39. The van der Waals surface area contributed by atoms with Gasteiger partial charge in [-0.2, -0.15) is 5.26 Å². The van der Waals surface area contributed by atoms with Crippen molar-refractivity contribution >= 4 is 17.1 Å². The molecule has 2 aromatic rings. The van der Waals surface area contributed by atoms with Crippen LogP contribution in [0.5, 0.6) is 0 Å². The zero-order chi connectivity index (χ0) is 14.5. The molecule has 0 aliphatic heterocycles. The number of ketones is 1. The van der Waals surface area contributed by atoms with Crippen LogP contribution in [0.3, 0.4) is 0 Å². The molecule has 0 amide bonds. The third-order valence-corrected chi connectivity index (χ3v) is 3.82. The minimum absolute atomic E-state index is 0.222. The van der Waals surface area contributed by atoms with Gasteiger partial charge < -0.3 is 4.74 Å². The number of benzene rings is 1. The standard InChI is InChI=1S/C15H14N2O2S/c1-10-9-20-15(17-10)13(7-16)14(18)12-5-3-4-11(6-12)8-19-2/h3-6,9,13H,8H2,1-2H3. The number of Topliss-reactive ketones (excluding diaryl/α,β-unsaturated/α-hetero) is 1. The van der Waals surface area contributed by atoms with Crippen LogP contribution >= 0.6 is 11.3 Å². The molecule has 0 spiro atoms. The highest BCUT2D eigenvalue weighted by Crippen LogP contribution is 2.24. The quantitative estimate of drug-likeness (QED) is 0.792. The smallest absolute Gasteiger partial charge is 0.186 e. The van der Waals surface area contributed by atoms with Gasteiger partial charge in [-0.3, -0.25) is 4.79 Å². The minimum Gasteiger partial charge on any atom is -0.380 e. The zero-order valence-corrected chi connectivity index (χ0v) is 12.1. The van der Waals surface area contributed by atoms with Crippen LogP contribution in [0.15, 0.2) is 29.6 Å². The van der Waals surface area contributed by atoms with E-state index in [4.69, 9.17) is 4.74 Å². The topological polar surface area (TPSA) is 63.0 Å². The van der Waals surface area contributed by atoms with Gasteiger partial charge in [0, 0.05) is 23.7 Å². The summed E-state index contributed by atoms with van der Waals surface area (Å²) in [6, 6.07) is 9.20. The van der Waals surface area contributed by atoms with E-state index in [9.17, 15) is 10.1 Å². The zero-order valence-electron chi connectivity index (χ0n) is 11.3. The first-order valence-electron chi connectivity index (χ1n) is 6.09. The van der Waals surface area contributed by atoms with Crippen molar-refractivity contribution in [3.63, 3.8) is 0 Å². The number of nitriles is 1. The van der Waals surface area contributed by atoms with E-state index in [1.807, 2.05) is 24.4 Å². The SMILES string of the molecule is COCc1cccc(C(=O)C(C#N)c2nc(C)cs2)c1. The van der Waals surface area contributed by atoms with Gasteiger partial charge in [0.1, 0.15) is 5.01 Å². The molecule has 1 atom stereocenters. The summed E-state index contributed by atoms with van der Waals surface area (Å²) in [7, 11) is 1.60. The third kappa shape index (κ3) is 3.10. The molecular weight excluding hydrogens is 272 g/mol. The maximum Gasteiger partial charge on any atom is 0.186 e. The van der Waals surface area contributed by atoms with Gasteiger partial charge in [0.05, 0.1) is 12.7 Å². The lowest BCUT2D eigenvalue weighted by atomic mass is 9.98. The molecule has 1 aromatic heterocycles. The van der Waals surface area contributed by atoms with Gasteiger partial charge in [-0.1, -0.05) is 18.2 Å². The van der Waals surface area contributed by atoms with Crippen LogP contribution < -0.4 is 0 Å². The third-order valence-electron chi connectivity index (χ3n) is 2.80. The van der Waals surface area contributed by atoms with Gasteiger partial charge >= 0.3 is 0 Å². The Morgan fingerprint density at radius 2 is 2.35 bits per heavy atom. The Morgan fingerprint density at radius 1 is 1.55 bits per heavy atom. The number of aromatic nitrogens is 1. The van der Waals surface area contributed by atoms with E-state index < -0.39 is 5.92 Å². The van der Waals surface area contributed by atoms with Crippen molar-refractivity contribution in [2.24, 2.45) is 0 Å². The number of carbonyl (C=O) groups excluding carboxylic acids is 1. The maximum absolute atomic E-state index is 12.4. The Balaban J connectivity index is 2.29. The van der Waals surface area contributed by atoms with Crippen molar-refractivity contribution in [2.45, 2.75) is 19.4 Å². The second-order valence-corrected chi connectivity index (χ2v) is 5.28. The molecule has 0 saturated heterocycles. The molecule has 1 unspecified atom stereocenters. The summed E-state index contributed by atoms with van der Waals surface area (Å²) < 4.78 is 5.05. The Labute approximate surface area is 121 Å². The number of ether oxygens (including phenoxy) is 1. The summed E-state index contributed by atoms with van der Waals surface area (Å²) in [5.41, 5.74) is 2.25. The lowest BCUT2D eigenvalue weighted by molar-refractivity contribution is 0.0978. The summed E-state index contributed by atoms with van der Waals surface area (Å²) in [4.78, 5) is 16.7. The molecule has 4 nitrogen and oxygen atoms in total. The summed E-state index contributed by atoms with van der Waals surface area (Å²) in [6.07, 6.45) is 0. The lowest BCUT2D eigenvalue weighted by Gasteiger charge is -2.07. The van der Waals surface area contributed by atoms with E-state index in [1.54, 1.807) is 25.3 Å². The van der Waals surface area contributed by atoms with Crippen LogP contribution in [0, 0.1) is 18.3 Å². The molecule has 102 valence electrons. The van der Waals surface area contributed by atoms with Crippen molar-refractivity contribution in [1.82, 2.24) is 4.98 Å². The van der Waals surface area contributed by atoms with Gasteiger partial charge in [-0.15, -0.1) is 11.3 Å². The van der Waals surface area contributed by atoms with E-state index in [1.165, 1.54) is 11.3 Å². The predicted octanol–water partition coefficient (Wildman–Crippen LogP) is 3.09. The fraction of sp³-hybridized carbons (Fsp3) is 0.267. The van der Waals surface area contributed by atoms with Crippen molar-refractivity contribution in [2.75, 3.05) is 7.11 Å². The van der Waals surface area contributed by atoms with Crippen LogP contribution in [0.1, 0.15) is 32.5 Å². The molecule has 0 aliphatic carbocycles. The van der Waals surface area contributed by atoms with Gasteiger partial charge in [0.15, 0.2) is 11.7 Å². The highest BCUT2D eigenvalue weighted by molar-refractivity contribution is 7.10. The molecule has 1 heterocycles. The normalized spacial score (nSPS) is 11.8. The largest absolute Gasteiger partial charge is 0.380 e. The van der Waals surface area contributed by atoms with Crippen LogP contribution in [0.2, 0.25) is 0 Å². The molecule has 5 heteroatoms. The van der Waals surface area contributed by atoms with Gasteiger partial charge in [0.2, 0.25) is 0 Å². The van der Waals surface area contributed by atoms with Crippen LogP contribution in [0.25, 0.3) is 0 Å². The van der Waals surface area contributed by atoms with E-state index in [-0.39, 0.29) is 5.78 Å². The maximum atomic E-state index is 12.4. The van der Waals surface area contributed by atoms with Crippen molar-refractivity contribution in [3.05, 3.63) is 51.5 Å². The molecule has 2 rings (SSSR count). The molecule has 0 fully saturated rings. The number of carbonyl (C=O) groups is 1. The molecule has 20 heavy (non-hydrogen) atoms. The fourth-order valence-corrected chi connectivity index (χ4v) is 2.71. The van der Waals surface area contributed by atoms with E-state index in [2.05, 4.69) is 4.98 Å². The fourth-order valence-electron chi connectivity index (χ4n) is 1.88. The summed E-state index contributed by atoms with van der Waals surface area (Å²) in [5.74, 6) is -1.06. The molecule has 1 aromatic carbocycles. The molecule has 0 bridgehead atoms. The number of rotatable bonds is 5. The number of aryl methyl sites for hydroxylation is 1. The molecule has 0 radical (unpaired) electrons. The highest BCUT2D eigenvalue weighted by Gasteiger charge is 2.24. The number of hydrogen-bond acceptors (Lipinski definition) is 5. The van der Waals surface area contributed by atoms with E-state index in [0.29, 0.717) is 17.2 Å². The van der Waals surface area contributed by atoms with Crippen LogP contribution in [-0.2, 0) is 11.3 Å². The van der Waals surface area contributed by atoms with Crippen LogP contribution in [0.4, 0.5) is 0 Å². The van der Waals surface area contributed by atoms with Crippen molar-refractivity contribution in [1.29, 1.82) is 5.26 Å². The Bertz CT molecular complexity index is 658. The predicted molar refractivity (Wildman–Crippen MR) is 76.7 cm³/mol. The Morgan fingerprint density at radius 3 is 2.95 bits per heavy atom. The first kappa shape index (κ1) is 14.4. The molecule has 0 N–H and O–H groups in total. The highest BCUT2D eigenvalue weighted by atomic mass is 32.1. The van der Waals surface area contributed by atoms with Gasteiger partial charge in [-0.25, -0.2) is 4.98 Å². The molecule has 0 aliphatic rings. The summed E-state index contributed by atoms with van der Waals surface area (Å²) in [6.45, 7) is 2.28.